The van der Waals surface area contributed by atoms with E-state index in [2.05, 4.69) is 10.6 Å². The molecule has 0 bridgehead atoms. The average Bonchev–Trinajstić information content (AvgIpc) is 2.04. The van der Waals surface area contributed by atoms with Crippen molar-refractivity contribution in [3.63, 3.8) is 0 Å². The summed E-state index contributed by atoms with van der Waals surface area (Å²) < 4.78 is 5.27. The predicted octanol–water partition coefficient (Wildman–Crippen LogP) is -0.417. The molecule has 0 saturated carbocycles. The predicted molar refractivity (Wildman–Crippen MR) is 41.1 cm³/mol. The first-order valence-electron chi connectivity index (χ1n) is 3.79. The highest BCUT2D eigenvalue weighted by Crippen LogP contribution is 2.05. The molecule has 0 aromatic heterocycles. The lowest BCUT2D eigenvalue weighted by molar-refractivity contribution is 0.0545. The van der Waals surface area contributed by atoms with Crippen LogP contribution in [0.15, 0.2) is 0 Å². The first-order chi connectivity index (χ1) is 4.88. The van der Waals surface area contributed by atoms with Crippen LogP contribution in [0, 0.1) is 0 Å². The molecule has 1 fully saturated rings. The number of hydrogen-bond acceptors (Lipinski definition) is 3. The molecule has 0 aliphatic carbocycles. The van der Waals surface area contributed by atoms with Crippen molar-refractivity contribution in [2.24, 2.45) is 0 Å². The Morgan fingerprint density at radius 3 is 2.90 bits per heavy atom. The van der Waals surface area contributed by atoms with Crippen molar-refractivity contribution >= 4 is 0 Å². The smallest absolute Gasteiger partial charge is 0.0848 e. The highest BCUT2D eigenvalue weighted by molar-refractivity contribution is 4.82. The molecular formula is C7H16N2O. The number of hydrogen-bond donors (Lipinski definition) is 2. The molecule has 1 rings (SSSR count). The van der Waals surface area contributed by atoms with Crippen LogP contribution in [0.1, 0.15) is 6.42 Å². The number of ether oxygens (including phenoxy) is 1. The Labute approximate surface area is 62.1 Å². The molecule has 0 spiro atoms. The van der Waals surface area contributed by atoms with Crippen LogP contribution in [0.3, 0.4) is 0 Å². The van der Waals surface area contributed by atoms with Gasteiger partial charge in [0.2, 0.25) is 0 Å². The summed E-state index contributed by atoms with van der Waals surface area (Å²) in [7, 11) is 3.75. The first-order valence-corrected chi connectivity index (χ1v) is 3.79. The lowest BCUT2D eigenvalue weighted by Gasteiger charge is -2.30. The van der Waals surface area contributed by atoms with E-state index in [-0.39, 0.29) is 0 Å². The fourth-order valence-corrected chi connectivity index (χ4v) is 1.41. The van der Waals surface area contributed by atoms with Gasteiger partial charge in [0, 0.05) is 19.7 Å². The quantitative estimate of drug-likeness (QED) is 0.552. The van der Waals surface area contributed by atoms with Gasteiger partial charge in [0.15, 0.2) is 0 Å². The maximum atomic E-state index is 5.27. The lowest BCUT2D eigenvalue weighted by atomic mass is 10.0. The number of piperidine rings is 1. The monoisotopic (exact) mass is 144 g/mol. The van der Waals surface area contributed by atoms with Crippen molar-refractivity contribution in [1.29, 1.82) is 0 Å². The average molecular weight is 144 g/mol. The summed E-state index contributed by atoms with van der Waals surface area (Å²) in [5, 5.41) is 6.52. The summed E-state index contributed by atoms with van der Waals surface area (Å²) >= 11 is 0. The lowest BCUT2D eigenvalue weighted by Crippen LogP contribution is -2.50. The molecule has 2 unspecified atom stereocenters. The third-order valence-corrected chi connectivity index (χ3v) is 2.10. The molecular weight excluding hydrogens is 128 g/mol. The third-order valence-electron chi connectivity index (χ3n) is 2.10. The van der Waals surface area contributed by atoms with Crippen molar-refractivity contribution < 1.29 is 4.74 Å². The SMILES string of the molecule is CNC1CCNCC1OC. The van der Waals surface area contributed by atoms with E-state index in [1.54, 1.807) is 7.11 Å². The second kappa shape index (κ2) is 3.91. The number of methoxy groups -OCH3 is 1. The minimum absolute atomic E-state index is 0.346. The van der Waals surface area contributed by atoms with E-state index >= 15 is 0 Å². The zero-order chi connectivity index (χ0) is 7.40. The third kappa shape index (κ3) is 1.68. The Balaban J connectivity index is 2.34. The molecule has 0 radical (unpaired) electrons. The van der Waals surface area contributed by atoms with Gasteiger partial charge in [-0.25, -0.2) is 0 Å². The molecule has 1 aliphatic heterocycles. The van der Waals surface area contributed by atoms with Gasteiger partial charge in [-0.1, -0.05) is 0 Å². The molecule has 0 amide bonds. The Hall–Kier alpha value is -0.120. The zero-order valence-corrected chi connectivity index (χ0v) is 6.68. The first kappa shape index (κ1) is 7.98. The second-order valence-electron chi connectivity index (χ2n) is 2.66. The van der Waals surface area contributed by atoms with Gasteiger partial charge < -0.3 is 15.4 Å². The van der Waals surface area contributed by atoms with Gasteiger partial charge in [-0.05, 0) is 20.0 Å². The van der Waals surface area contributed by atoms with Crippen molar-refractivity contribution in [1.82, 2.24) is 10.6 Å². The van der Waals surface area contributed by atoms with Crippen LogP contribution in [0.25, 0.3) is 0 Å². The fourth-order valence-electron chi connectivity index (χ4n) is 1.41. The minimum atomic E-state index is 0.346. The molecule has 0 aromatic rings. The summed E-state index contributed by atoms with van der Waals surface area (Å²) in [5.74, 6) is 0. The van der Waals surface area contributed by atoms with Gasteiger partial charge in [-0.3, -0.25) is 0 Å². The van der Waals surface area contributed by atoms with Crippen LogP contribution in [-0.4, -0.2) is 39.4 Å². The summed E-state index contributed by atoms with van der Waals surface area (Å²) in [6.45, 7) is 2.08. The fraction of sp³-hybridized carbons (Fsp3) is 1.00. The van der Waals surface area contributed by atoms with Crippen LogP contribution in [-0.2, 0) is 4.74 Å². The largest absolute Gasteiger partial charge is 0.379 e. The van der Waals surface area contributed by atoms with Gasteiger partial charge >= 0.3 is 0 Å². The Morgan fingerprint density at radius 1 is 1.60 bits per heavy atom. The van der Waals surface area contributed by atoms with E-state index in [9.17, 15) is 0 Å². The Kier molecular flexibility index (Phi) is 3.12. The van der Waals surface area contributed by atoms with E-state index in [4.69, 9.17) is 4.74 Å². The maximum absolute atomic E-state index is 5.27. The van der Waals surface area contributed by atoms with Crippen LogP contribution in [0.4, 0.5) is 0 Å². The van der Waals surface area contributed by atoms with Gasteiger partial charge in [-0.15, -0.1) is 0 Å². The second-order valence-corrected chi connectivity index (χ2v) is 2.66. The van der Waals surface area contributed by atoms with Crippen molar-refractivity contribution in [3.8, 4) is 0 Å². The number of likely N-dealkylation sites (N-methyl/N-ethyl adjacent to an activating group) is 1. The summed E-state index contributed by atoms with van der Waals surface area (Å²) in [6.07, 6.45) is 1.51. The summed E-state index contributed by atoms with van der Waals surface area (Å²) in [6, 6.07) is 0.534. The highest BCUT2D eigenvalue weighted by atomic mass is 16.5. The Morgan fingerprint density at radius 2 is 2.40 bits per heavy atom. The normalized spacial score (nSPS) is 34.2. The Bertz CT molecular complexity index is 85.6. The molecule has 1 saturated heterocycles. The van der Waals surface area contributed by atoms with Crippen molar-refractivity contribution in [3.05, 3.63) is 0 Å². The van der Waals surface area contributed by atoms with E-state index in [0.717, 1.165) is 19.5 Å². The molecule has 3 nitrogen and oxygen atoms in total. The van der Waals surface area contributed by atoms with Crippen molar-refractivity contribution in [2.45, 2.75) is 18.6 Å². The number of nitrogens with one attached hydrogen (secondary N) is 2. The van der Waals surface area contributed by atoms with Crippen LogP contribution in [0.2, 0.25) is 0 Å². The summed E-state index contributed by atoms with van der Waals surface area (Å²) in [4.78, 5) is 0. The maximum Gasteiger partial charge on any atom is 0.0848 e. The molecule has 2 atom stereocenters. The minimum Gasteiger partial charge on any atom is -0.379 e. The van der Waals surface area contributed by atoms with E-state index in [1.807, 2.05) is 7.05 Å². The molecule has 2 N–H and O–H groups in total. The molecule has 60 valence electrons. The number of rotatable bonds is 2. The summed E-state index contributed by atoms with van der Waals surface area (Å²) in [5.41, 5.74) is 0. The molecule has 1 heterocycles. The molecule has 3 heteroatoms. The molecule has 1 aliphatic rings. The van der Waals surface area contributed by atoms with Gasteiger partial charge in [0.25, 0.3) is 0 Å². The van der Waals surface area contributed by atoms with E-state index < -0.39 is 0 Å². The van der Waals surface area contributed by atoms with Crippen LogP contribution >= 0.6 is 0 Å². The van der Waals surface area contributed by atoms with E-state index in [1.165, 1.54) is 0 Å². The molecule has 10 heavy (non-hydrogen) atoms. The highest BCUT2D eigenvalue weighted by Gasteiger charge is 2.22. The van der Waals surface area contributed by atoms with Crippen molar-refractivity contribution in [2.75, 3.05) is 27.2 Å². The zero-order valence-electron chi connectivity index (χ0n) is 6.68. The van der Waals surface area contributed by atoms with Crippen LogP contribution < -0.4 is 10.6 Å². The van der Waals surface area contributed by atoms with Gasteiger partial charge in [-0.2, -0.15) is 0 Å². The van der Waals surface area contributed by atoms with Crippen LogP contribution in [0.5, 0.6) is 0 Å². The van der Waals surface area contributed by atoms with Gasteiger partial charge in [0.1, 0.15) is 0 Å². The molecule has 0 aromatic carbocycles. The standard InChI is InChI=1S/C7H16N2O/c1-8-6-3-4-9-5-7(6)10-2/h6-9H,3-5H2,1-2H3. The topological polar surface area (TPSA) is 33.3 Å². The van der Waals surface area contributed by atoms with E-state index in [0.29, 0.717) is 12.1 Å². The van der Waals surface area contributed by atoms with Gasteiger partial charge in [0.05, 0.1) is 6.10 Å².